The summed E-state index contributed by atoms with van der Waals surface area (Å²) in [7, 11) is 0. The predicted molar refractivity (Wildman–Crippen MR) is 114 cm³/mol. The predicted octanol–water partition coefficient (Wildman–Crippen LogP) is 3.01. The van der Waals surface area contributed by atoms with Crippen molar-refractivity contribution >= 4 is 5.91 Å². The first-order valence-electron chi connectivity index (χ1n) is 11.1. The molecule has 0 radical (unpaired) electrons. The smallest absolute Gasteiger partial charge is 0.220 e. The number of nitrogens with zero attached hydrogens (tertiary/aromatic N) is 3. The summed E-state index contributed by atoms with van der Waals surface area (Å²) in [5.74, 6) is 1.84. The number of hydrogen-bond acceptors (Lipinski definition) is 5. The van der Waals surface area contributed by atoms with E-state index in [0.717, 1.165) is 57.3 Å². The minimum absolute atomic E-state index is 0.136. The number of tetrazole rings is 1. The van der Waals surface area contributed by atoms with E-state index < -0.39 is 0 Å². The second kappa shape index (κ2) is 10.5. The number of aromatic amines is 1. The van der Waals surface area contributed by atoms with Crippen molar-refractivity contribution in [1.82, 2.24) is 25.9 Å². The lowest BCUT2D eigenvalue weighted by Gasteiger charge is -2.27. The molecule has 30 heavy (non-hydrogen) atoms. The number of benzene rings is 1. The zero-order chi connectivity index (χ0) is 20.6. The third-order valence-corrected chi connectivity index (χ3v) is 6.34. The van der Waals surface area contributed by atoms with E-state index in [1.165, 1.54) is 5.56 Å². The van der Waals surface area contributed by atoms with Crippen LogP contribution in [0.3, 0.4) is 0 Å². The van der Waals surface area contributed by atoms with Crippen molar-refractivity contribution < 1.29 is 9.53 Å². The van der Waals surface area contributed by atoms with Crippen LogP contribution in [-0.4, -0.2) is 45.3 Å². The number of carbonyl (C=O) groups is 1. The average molecular weight is 410 g/mol. The van der Waals surface area contributed by atoms with Crippen molar-refractivity contribution in [2.45, 2.75) is 63.6 Å². The Kier molecular flexibility index (Phi) is 7.24. The number of H-pyrrole nitrogens is 1. The standard InChI is InChI=1S/C23H31N5O2/c29-23(15-12-17-8-4-3-5-9-17)24-16-19-18(20-13-14-21(19)30-20)10-6-1-2-7-11-22-25-27-28-26-22/h1,3-6,8-9,18-21H,2,7,10-16H2,(H,24,29)(H,25,26,27,28)/t18-,19+,20-,21+/m1/s1. The van der Waals surface area contributed by atoms with Gasteiger partial charge in [-0.1, -0.05) is 47.7 Å². The Morgan fingerprint density at radius 3 is 2.77 bits per heavy atom. The number of nitrogens with one attached hydrogen (secondary N) is 2. The third kappa shape index (κ3) is 5.53. The number of fused-ring (bicyclic) bond motifs is 2. The Bertz CT molecular complexity index is 808. The molecule has 0 saturated carbocycles. The van der Waals surface area contributed by atoms with E-state index in [0.29, 0.717) is 30.5 Å². The molecule has 1 aromatic heterocycles. The molecule has 2 bridgehead atoms. The fraction of sp³-hybridized carbons (Fsp3) is 0.565. The lowest BCUT2D eigenvalue weighted by Crippen LogP contribution is -2.38. The van der Waals surface area contributed by atoms with Gasteiger partial charge in [0.25, 0.3) is 0 Å². The van der Waals surface area contributed by atoms with Gasteiger partial charge in [0.2, 0.25) is 5.91 Å². The van der Waals surface area contributed by atoms with Gasteiger partial charge in [-0.05, 0) is 50.0 Å². The van der Waals surface area contributed by atoms with E-state index in [4.69, 9.17) is 4.74 Å². The summed E-state index contributed by atoms with van der Waals surface area (Å²) in [4.78, 5) is 12.3. The molecule has 4 rings (SSSR count). The Hall–Kier alpha value is -2.54. The molecule has 0 spiro atoms. The molecule has 7 heteroatoms. The maximum atomic E-state index is 12.3. The van der Waals surface area contributed by atoms with Crippen LogP contribution in [-0.2, 0) is 22.4 Å². The average Bonchev–Trinajstić information content (AvgIpc) is 3.52. The molecular weight excluding hydrogens is 378 g/mol. The van der Waals surface area contributed by atoms with Crippen LogP contribution in [0.25, 0.3) is 0 Å². The fourth-order valence-electron chi connectivity index (χ4n) is 4.74. The molecule has 1 aromatic carbocycles. The molecule has 3 heterocycles. The molecule has 2 aliphatic heterocycles. The molecule has 160 valence electrons. The highest BCUT2D eigenvalue weighted by atomic mass is 16.5. The van der Waals surface area contributed by atoms with E-state index in [1.54, 1.807) is 0 Å². The van der Waals surface area contributed by atoms with Crippen LogP contribution in [0.5, 0.6) is 0 Å². The second-order valence-corrected chi connectivity index (χ2v) is 8.34. The van der Waals surface area contributed by atoms with Crippen LogP contribution < -0.4 is 5.32 Å². The summed E-state index contributed by atoms with van der Waals surface area (Å²) in [5.41, 5.74) is 1.21. The summed E-state index contributed by atoms with van der Waals surface area (Å²) in [6, 6.07) is 10.2. The lowest BCUT2D eigenvalue weighted by molar-refractivity contribution is -0.121. The van der Waals surface area contributed by atoms with Gasteiger partial charge in [0, 0.05) is 25.3 Å². The number of amides is 1. The Morgan fingerprint density at radius 2 is 1.97 bits per heavy atom. The molecular formula is C23H31N5O2. The van der Waals surface area contributed by atoms with Crippen molar-refractivity contribution in [2.75, 3.05) is 6.54 Å². The normalized spacial score (nSPS) is 25.2. The van der Waals surface area contributed by atoms with E-state index in [1.807, 2.05) is 18.2 Å². The van der Waals surface area contributed by atoms with Crippen LogP contribution in [0.4, 0.5) is 0 Å². The largest absolute Gasteiger partial charge is 0.374 e. The van der Waals surface area contributed by atoms with E-state index in [-0.39, 0.29) is 5.91 Å². The molecule has 7 nitrogen and oxygen atoms in total. The van der Waals surface area contributed by atoms with Gasteiger partial charge in [-0.15, -0.1) is 10.2 Å². The van der Waals surface area contributed by atoms with E-state index in [2.05, 4.69) is 50.2 Å². The van der Waals surface area contributed by atoms with Gasteiger partial charge in [-0.2, -0.15) is 5.21 Å². The molecule has 0 aliphatic carbocycles. The van der Waals surface area contributed by atoms with Crippen molar-refractivity contribution in [3.8, 4) is 0 Å². The molecule has 2 fully saturated rings. The van der Waals surface area contributed by atoms with Crippen molar-refractivity contribution in [3.63, 3.8) is 0 Å². The minimum atomic E-state index is 0.136. The summed E-state index contributed by atoms with van der Waals surface area (Å²) < 4.78 is 6.17. The highest BCUT2D eigenvalue weighted by Crippen LogP contribution is 2.44. The zero-order valence-corrected chi connectivity index (χ0v) is 17.4. The van der Waals surface area contributed by atoms with Crippen LogP contribution in [0.2, 0.25) is 0 Å². The van der Waals surface area contributed by atoms with Crippen LogP contribution in [0, 0.1) is 11.8 Å². The summed E-state index contributed by atoms with van der Waals surface area (Å²) in [6.07, 6.45) is 12.7. The number of rotatable bonds is 11. The number of aromatic nitrogens is 4. The number of ether oxygens (including phenoxy) is 1. The minimum Gasteiger partial charge on any atom is -0.374 e. The monoisotopic (exact) mass is 409 g/mol. The molecule has 2 N–H and O–H groups in total. The zero-order valence-electron chi connectivity index (χ0n) is 17.4. The summed E-state index contributed by atoms with van der Waals surface area (Å²) in [6.45, 7) is 0.727. The fourth-order valence-corrected chi connectivity index (χ4v) is 4.74. The highest BCUT2D eigenvalue weighted by Gasteiger charge is 2.47. The van der Waals surface area contributed by atoms with Crippen LogP contribution >= 0.6 is 0 Å². The second-order valence-electron chi connectivity index (χ2n) is 8.34. The lowest BCUT2D eigenvalue weighted by atomic mass is 9.77. The highest BCUT2D eigenvalue weighted by molar-refractivity contribution is 5.76. The summed E-state index contributed by atoms with van der Waals surface area (Å²) in [5, 5.41) is 17.2. The quantitative estimate of drug-likeness (QED) is 0.440. The first kappa shape index (κ1) is 20.7. The van der Waals surface area contributed by atoms with Gasteiger partial charge in [-0.3, -0.25) is 4.79 Å². The van der Waals surface area contributed by atoms with Crippen molar-refractivity contribution in [1.29, 1.82) is 0 Å². The number of allylic oxidation sites excluding steroid dienone is 2. The Balaban J connectivity index is 1.18. The molecule has 1 amide bonds. The number of carbonyl (C=O) groups excluding carboxylic acids is 1. The van der Waals surface area contributed by atoms with Gasteiger partial charge in [0.15, 0.2) is 5.82 Å². The molecule has 2 aliphatic rings. The third-order valence-electron chi connectivity index (χ3n) is 6.34. The topological polar surface area (TPSA) is 92.8 Å². The van der Waals surface area contributed by atoms with Gasteiger partial charge < -0.3 is 10.1 Å². The Labute approximate surface area is 177 Å². The maximum absolute atomic E-state index is 12.3. The Morgan fingerprint density at radius 1 is 1.13 bits per heavy atom. The van der Waals surface area contributed by atoms with Crippen molar-refractivity contribution in [2.24, 2.45) is 11.8 Å². The SMILES string of the molecule is O=C(CCc1ccccc1)NC[C@H]1[C@@H](CC=CCCCc2nn[nH]n2)[C@H]2CC[C@@H]1O2. The van der Waals surface area contributed by atoms with Crippen LogP contribution in [0.1, 0.15) is 49.9 Å². The van der Waals surface area contributed by atoms with E-state index in [9.17, 15) is 4.79 Å². The van der Waals surface area contributed by atoms with E-state index >= 15 is 0 Å². The van der Waals surface area contributed by atoms with Gasteiger partial charge in [0.05, 0.1) is 12.2 Å². The maximum Gasteiger partial charge on any atom is 0.220 e. The number of aryl methyl sites for hydroxylation is 2. The number of hydrogen-bond donors (Lipinski definition) is 2. The van der Waals surface area contributed by atoms with Gasteiger partial charge in [0.1, 0.15) is 0 Å². The molecule has 2 saturated heterocycles. The first-order chi connectivity index (χ1) is 14.8. The van der Waals surface area contributed by atoms with Gasteiger partial charge >= 0.3 is 0 Å². The molecule has 2 aromatic rings. The van der Waals surface area contributed by atoms with Crippen molar-refractivity contribution in [3.05, 3.63) is 53.9 Å². The summed E-state index contributed by atoms with van der Waals surface area (Å²) >= 11 is 0. The van der Waals surface area contributed by atoms with Crippen LogP contribution in [0.15, 0.2) is 42.5 Å². The number of unbranched alkanes of at least 4 members (excludes halogenated alkanes) is 1. The van der Waals surface area contributed by atoms with Gasteiger partial charge in [-0.25, -0.2) is 0 Å². The molecule has 0 unspecified atom stereocenters. The molecule has 4 atom stereocenters. The first-order valence-corrected chi connectivity index (χ1v) is 11.1.